The fourth-order valence-electron chi connectivity index (χ4n) is 4.31. The second kappa shape index (κ2) is 9.84. The van der Waals surface area contributed by atoms with Crippen molar-refractivity contribution in [3.05, 3.63) is 89.4 Å². The number of anilines is 1. The van der Waals surface area contributed by atoms with Crippen molar-refractivity contribution in [1.29, 1.82) is 0 Å². The summed E-state index contributed by atoms with van der Waals surface area (Å²) in [4.78, 5) is 17.4. The Morgan fingerprint density at radius 3 is 2.74 bits per heavy atom. The van der Waals surface area contributed by atoms with Crippen LogP contribution in [0.4, 0.5) is 5.69 Å². The van der Waals surface area contributed by atoms with Crippen molar-refractivity contribution in [3.63, 3.8) is 0 Å². The van der Waals surface area contributed by atoms with E-state index in [1.165, 1.54) is 16.8 Å². The van der Waals surface area contributed by atoms with Crippen molar-refractivity contribution < 1.29 is 9.21 Å². The number of hydrogen-bond donors (Lipinski definition) is 1. The number of nitrogens with one attached hydrogen (secondary N) is 1. The number of para-hydroxylation sites is 1. The lowest BCUT2D eigenvalue weighted by molar-refractivity contribution is 0.0950. The molecule has 0 aliphatic carbocycles. The average molecular weight is 418 g/mol. The first-order valence-electron chi connectivity index (χ1n) is 11.0. The van der Waals surface area contributed by atoms with E-state index in [9.17, 15) is 4.79 Å². The van der Waals surface area contributed by atoms with E-state index in [0.29, 0.717) is 24.7 Å². The molecule has 3 aromatic rings. The van der Waals surface area contributed by atoms with Gasteiger partial charge in [0.1, 0.15) is 5.76 Å². The molecule has 4 rings (SSSR count). The third-order valence-corrected chi connectivity index (χ3v) is 5.95. The lowest BCUT2D eigenvalue weighted by atomic mass is 10.1. The smallest absolute Gasteiger partial charge is 0.254 e. The molecule has 0 radical (unpaired) electrons. The quantitative estimate of drug-likeness (QED) is 0.522. The zero-order valence-corrected chi connectivity index (χ0v) is 18.4. The summed E-state index contributed by atoms with van der Waals surface area (Å²) in [5.74, 6) is 0.664. The monoisotopic (exact) mass is 417 g/mol. The molecule has 1 aliphatic rings. The minimum absolute atomic E-state index is 0.0606. The molecular formula is C26H31N3O2. The molecule has 0 bridgehead atoms. The summed E-state index contributed by atoms with van der Waals surface area (Å²) in [6.07, 6.45) is 3.54. The third-order valence-electron chi connectivity index (χ3n) is 5.95. The molecule has 1 aromatic heterocycles. The third kappa shape index (κ3) is 5.17. The highest BCUT2D eigenvalue weighted by Gasteiger charge is 2.27. The molecule has 162 valence electrons. The first kappa shape index (κ1) is 21.2. The van der Waals surface area contributed by atoms with Crippen LogP contribution in [0.5, 0.6) is 0 Å². The molecule has 5 heteroatoms. The van der Waals surface area contributed by atoms with Gasteiger partial charge >= 0.3 is 0 Å². The number of benzene rings is 2. The first-order chi connectivity index (χ1) is 15.1. The number of fused-ring (bicyclic) bond motifs is 1. The minimum atomic E-state index is -0.0606. The highest BCUT2D eigenvalue weighted by atomic mass is 16.3. The van der Waals surface area contributed by atoms with E-state index in [1.807, 2.05) is 6.07 Å². The molecule has 1 amide bonds. The highest BCUT2D eigenvalue weighted by Crippen LogP contribution is 2.33. The van der Waals surface area contributed by atoms with Gasteiger partial charge in [-0.1, -0.05) is 48.5 Å². The number of carbonyl (C=O) groups excluding carboxylic acids is 1. The fourth-order valence-corrected chi connectivity index (χ4v) is 4.31. The van der Waals surface area contributed by atoms with E-state index in [-0.39, 0.29) is 5.91 Å². The van der Waals surface area contributed by atoms with Gasteiger partial charge in [0.25, 0.3) is 5.91 Å². The summed E-state index contributed by atoms with van der Waals surface area (Å²) in [7, 11) is 2.11. The van der Waals surface area contributed by atoms with Crippen LogP contribution in [0.2, 0.25) is 0 Å². The molecule has 0 fully saturated rings. The maximum Gasteiger partial charge on any atom is 0.254 e. The van der Waals surface area contributed by atoms with Gasteiger partial charge in [0.2, 0.25) is 0 Å². The van der Waals surface area contributed by atoms with Gasteiger partial charge in [0.15, 0.2) is 0 Å². The SMILES string of the molecule is CC1Cc2ccccc2N1Cc1occc1C(=O)NCCCN(C)Cc1ccccc1. The van der Waals surface area contributed by atoms with E-state index in [1.54, 1.807) is 12.3 Å². The number of hydrogen-bond acceptors (Lipinski definition) is 4. The van der Waals surface area contributed by atoms with Gasteiger partial charge in [-0.2, -0.15) is 0 Å². The van der Waals surface area contributed by atoms with Crippen LogP contribution < -0.4 is 10.2 Å². The van der Waals surface area contributed by atoms with Crippen LogP contribution >= 0.6 is 0 Å². The van der Waals surface area contributed by atoms with E-state index in [4.69, 9.17) is 4.42 Å². The lowest BCUT2D eigenvalue weighted by Gasteiger charge is -2.24. The maximum absolute atomic E-state index is 12.8. The molecule has 2 aromatic carbocycles. The van der Waals surface area contributed by atoms with Gasteiger partial charge in [0, 0.05) is 24.8 Å². The molecule has 1 aliphatic heterocycles. The fraction of sp³-hybridized carbons (Fsp3) is 0.346. The summed E-state index contributed by atoms with van der Waals surface area (Å²) in [5.41, 5.74) is 4.52. The Labute approximate surface area is 184 Å². The van der Waals surface area contributed by atoms with Crippen molar-refractivity contribution in [1.82, 2.24) is 10.2 Å². The van der Waals surface area contributed by atoms with Gasteiger partial charge < -0.3 is 19.5 Å². The van der Waals surface area contributed by atoms with E-state index in [0.717, 1.165) is 31.7 Å². The average Bonchev–Trinajstić information content (AvgIpc) is 3.36. The van der Waals surface area contributed by atoms with Crippen LogP contribution in [0, 0.1) is 0 Å². The standard InChI is InChI=1S/C26H31N3O2/c1-20-17-22-11-6-7-12-24(22)29(20)19-25-23(13-16-31-25)26(30)27-14-8-15-28(2)18-21-9-4-3-5-10-21/h3-7,9-13,16,20H,8,14-15,17-19H2,1-2H3,(H,27,30). The van der Waals surface area contributed by atoms with Gasteiger partial charge in [-0.15, -0.1) is 0 Å². The van der Waals surface area contributed by atoms with Crippen LogP contribution in [-0.4, -0.2) is 37.0 Å². The zero-order chi connectivity index (χ0) is 21.6. The number of carbonyl (C=O) groups is 1. The Hall–Kier alpha value is -3.05. The second-order valence-electron chi connectivity index (χ2n) is 8.40. The van der Waals surface area contributed by atoms with Gasteiger partial charge in [-0.05, 0) is 56.6 Å². The number of nitrogens with zero attached hydrogens (tertiary/aromatic N) is 2. The van der Waals surface area contributed by atoms with Crippen LogP contribution in [0.15, 0.2) is 71.3 Å². The van der Waals surface area contributed by atoms with Gasteiger partial charge in [0.05, 0.1) is 18.4 Å². The Bertz CT molecular complexity index is 999. The largest absolute Gasteiger partial charge is 0.467 e. The molecular weight excluding hydrogens is 386 g/mol. The first-order valence-corrected chi connectivity index (χ1v) is 11.0. The van der Waals surface area contributed by atoms with E-state index in [2.05, 4.69) is 77.6 Å². The summed E-state index contributed by atoms with van der Waals surface area (Å²) in [5, 5.41) is 3.06. The lowest BCUT2D eigenvalue weighted by Crippen LogP contribution is -2.31. The molecule has 0 spiro atoms. The van der Waals surface area contributed by atoms with Crippen molar-refractivity contribution >= 4 is 11.6 Å². The van der Waals surface area contributed by atoms with E-state index >= 15 is 0 Å². The summed E-state index contributed by atoms with van der Waals surface area (Å²) < 4.78 is 5.71. The highest BCUT2D eigenvalue weighted by molar-refractivity contribution is 5.95. The van der Waals surface area contributed by atoms with E-state index < -0.39 is 0 Å². The topological polar surface area (TPSA) is 48.7 Å². The van der Waals surface area contributed by atoms with Crippen LogP contribution in [0.3, 0.4) is 0 Å². The van der Waals surface area contributed by atoms with Crippen LogP contribution in [0.25, 0.3) is 0 Å². The Morgan fingerprint density at radius 2 is 1.90 bits per heavy atom. The molecule has 2 heterocycles. The molecule has 5 nitrogen and oxygen atoms in total. The Morgan fingerprint density at radius 1 is 1.13 bits per heavy atom. The zero-order valence-electron chi connectivity index (χ0n) is 18.4. The summed E-state index contributed by atoms with van der Waals surface area (Å²) in [6.45, 7) is 5.31. The Balaban J connectivity index is 1.27. The minimum Gasteiger partial charge on any atom is -0.467 e. The van der Waals surface area contributed by atoms with Crippen LogP contribution in [0.1, 0.15) is 40.6 Å². The molecule has 1 unspecified atom stereocenters. The molecule has 31 heavy (non-hydrogen) atoms. The Kier molecular flexibility index (Phi) is 6.73. The van der Waals surface area contributed by atoms with Crippen molar-refractivity contribution in [2.24, 2.45) is 0 Å². The second-order valence-corrected chi connectivity index (χ2v) is 8.40. The van der Waals surface area contributed by atoms with Crippen LogP contribution in [-0.2, 0) is 19.5 Å². The molecule has 0 saturated carbocycles. The number of furan rings is 1. The van der Waals surface area contributed by atoms with Crippen molar-refractivity contribution in [3.8, 4) is 0 Å². The van der Waals surface area contributed by atoms with Crippen molar-refractivity contribution in [2.75, 3.05) is 25.0 Å². The maximum atomic E-state index is 12.8. The summed E-state index contributed by atoms with van der Waals surface area (Å²) >= 11 is 0. The molecule has 1 N–H and O–H groups in total. The number of amides is 1. The normalized spacial score (nSPS) is 15.3. The number of rotatable bonds is 9. The van der Waals surface area contributed by atoms with Crippen molar-refractivity contribution in [2.45, 2.75) is 38.9 Å². The predicted molar refractivity (Wildman–Crippen MR) is 124 cm³/mol. The molecule has 1 atom stereocenters. The van der Waals surface area contributed by atoms with Gasteiger partial charge in [-0.25, -0.2) is 0 Å². The van der Waals surface area contributed by atoms with Gasteiger partial charge in [-0.3, -0.25) is 4.79 Å². The molecule has 0 saturated heterocycles. The predicted octanol–water partition coefficient (Wildman–Crippen LogP) is 4.48. The summed E-state index contributed by atoms with van der Waals surface area (Å²) in [6, 6.07) is 21.1.